The van der Waals surface area contributed by atoms with Crippen LogP contribution in [0.25, 0.3) is 11.1 Å². The standard InChI is InChI=1S/C26H29Cl2N7O3/c27-16-3-5-18(21(28)13-16)20-14-17(4-6-19(20)23(15-24(29)36)34-11-1-2-12-34)31-9-10-32-25-8-7-22(35(37)38)26(30)33-25/h3-8,13-14,23,31H,1-2,9-12,15H2,(H2,29,36)(H3,30,32,33). The fourth-order valence-corrected chi connectivity index (χ4v) is 5.21. The molecular weight excluding hydrogens is 529 g/mol. The maximum absolute atomic E-state index is 12.0. The van der Waals surface area contributed by atoms with Gasteiger partial charge in [0, 0.05) is 52.9 Å². The third-order valence-electron chi connectivity index (χ3n) is 6.47. The average molecular weight is 558 g/mol. The fraction of sp³-hybridized carbons (Fsp3) is 0.308. The Labute approximate surface area is 230 Å². The van der Waals surface area contributed by atoms with Crippen LogP contribution in [0.4, 0.5) is 23.0 Å². The van der Waals surface area contributed by atoms with Crippen molar-refractivity contribution < 1.29 is 9.72 Å². The van der Waals surface area contributed by atoms with E-state index in [2.05, 4.69) is 20.5 Å². The van der Waals surface area contributed by atoms with Crippen LogP contribution in [0.15, 0.2) is 48.5 Å². The van der Waals surface area contributed by atoms with Crippen molar-refractivity contribution in [2.24, 2.45) is 5.73 Å². The summed E-state index contributed by atoms with van der Waals surface area (Å²) in [6.45, 7) is 2.82. The summed E-state index contributed by atoms with van der Waals surface area (Å²) in [6.07, 6.45) is 2.36. The molecule has 1 aliphatic heterocycles. The van der Waals surface area contributed by atoms with Gasteiger partial charge in [0.25, 0.3) is 0 Å². The highest BCUT2D eigenvalue weighted by atomic mass is 35.5. The zero-order valence-corrected chi connectivity index (χ0v) is 22.1. The summed E-state index contributed by atoms with van der Waals surface area (Å²) in [4.78, 5) is 28.7. The van der Waals surface area contributed by atoms with Crippen molar-refractivity contribution in [3.05, 3.63) is 74.3 Å². The van der Waals surface area contributed by atoms with Crippen molar-refractivity contribution in [1.82, 2.24) is 9.88 Å². The van der Waals surface area contributed by atoms with Gasteiger partial charge >= 0.3 is 5.69 Å². The Morgan fingerprint density at radius 1 is 1.05 bits per heavy atom. The van der Waals surface area contributed by atoms with Gasteiger partial charge in [-0.3, -0.25) is 19.8 Å². The number of nitro groups is 1. The van der Waals surface area contributed by atoms with Gasteiger partial charge in [-0.15, -0.1) is 0 Å². The Hall–Kier alpha value is -3.60. The number of nitrogens with zero attached hydrogens (tertiary/aromatic N) is 3. The number of carbonyl (C=O) groups excluding carboxylic acids is 1. The van der Waals surface area contributed by atoms with Gasteiger partial charge in [-0.1, -0.05) is 35.3 Å². The molecule has 2 heterocycles. The normalized spacial score (nSPS) is 14.3. The SMILES string of the molecule is NC(=O)CC(c1ccc(NCCNc2ccc([N+](=O)[O-])c(N)n2)cc1-c1ccc(Cl)cc1Cl)N1CCCC1. The second kappa shape index (κ2) is 12.3. The second-order valence-electron chi connectivity index (χ2n) is 9.07. The van der Waals surface area contributed by atoms with E-state index in [-0.39, 0.29) is 29.9 Å². The Kier molecular flexibility index (Phi) is 8.88. The second-order valence-corrected chi connectivity index (χ2v) is 9.91. The molecule has 1 saturated heterocycles. The Balaban J connectivity index is 1.56. The molecule has 200 valence electrons. The predicted molar refractivity (Wildman–Crippen MR) is 152 cm³/mol. The lowest BCUT2D eigenvalue weighted by Crippen LogP contribution is -2.30. The number of benzene rings is 2. The number of anilines is 3. The van der Waals surface area contributed by atoms with Crippen molar-refractivity contribution in [3.8, 4) is 11.1 Å². The van der Waals surface area contributed by atoms with Crippen LogP contribution in [0, 0.1) is 10.1 Å². The van der Waals surface area contributed by atoms with E-state index in [0.717, 1.165) is 48.3 Å². The molecule has 1 atom stereocenters. The van der Waals surface area contributed by atoms with Crippen LogP contribution < -0.4 is 22.1 Å². The lowest BCUT2D eigenvalue weighted by atomic mass is 9.91. The number of rotatable bonds is 11. The number of hydrogen-bond donors (Lipinski definition) is 4. The zero-order valence-electron chi connectivity index (χ0n) is 20.6. The molecule has 6 N–H and O–H groups in total. The van der Waals surface area contributed by atoms with E-state index in [4.69, 9.17) is 34.7 Å². The monoisotopic (exact) mass is 557 g/mol. The van der Waals surface area contributed by atoms with Gasteiger partial charge < -0.3 is 22.1 Å². The predicted octanol–water partition coefficient (Wildman–Crippen LogP) is 5.08. The third kappa shape index (κ3) is 6.63. The quantitative estimate of drug-likeness (QED) is 0.144. The summed E-state index contributed by atoms with van der Waals surface area (Å²) in [7, 11) is 0. The summed E-state index contributed by atoms with van der Waals surface area (Å²) in [5.41, 5.74) is 14.6. The van der Waals surface area contributed by atoms with E-state index in [1.807, 2.05) is 24.3 Å². The van der Waals surface area contributed by atoms with Crippen molar-refractivity contribution in [1.29, 1.82) is 0 Å². The van der Waals surface area contributed by atoms with E-state index < -0.39 is 4.92 Å². The minimum Gasteiger partial charge on any atom is -0.383 e. The summed E-state index contributed by atoms with van der Waals surface area (Å²) in [6, 6.07) is 14.0. The van der Waals surface area contributed by atoms with Gasteiger partial charge in [0.1, 0.15) is 5.82 Å². The topological polar surface area (TPSA) is 152 Å². The molecule has 1 amide bonds. The molecule has 0 aliphatic carbocycles. The number of halogens is 2. The molecule has 0 saturated carbocycles. The fourth-order valence-electron chi connectivity index (χ4n) is 4.70. The molecular formula is C26H29Cl2N7O3. The first-order valence-electron chi connectivity index (χ1n) is 12.2. The number of hydrogen-bond acceptors (Lipinski definition) is 8. The maximum Gasteiger partial charge on any atom is 0.311 e. The van der Waals surface area contributed by atoms with Crippen molar-refractivity contribution in [2.75, 3.05) is 42.5 Å². The van der Waals surface area contributed by atoms with Crippen molar-refractivity contribution in [2.45, 2.75) is 25.3 Å². The first-order valence-corrected chi connectivity index (χ1v) is 13.0. The van der Waals surface area contributed by atoms with Crippen LogP contribution in [-0.2, 0) is 4.79 Å². The molecule has 0 radical (unpaired) electrons. The molecule has 4 rings (SSSR count). The van der Waals surface area contributed by atoms with E-state index in [0.29, 0.717) is 29.0 Å². The number of pyridine rings is 1. The highest BCUT2D eigenvalue weighted by Crippen LogP contribution is 2.40. The zero-order chi connectivity index (χ0) is 27.2. The lowest BCUT2D eigenvalue weighted by molar-refractivity contribution is -0.384. The van der Waals surface area contributed by atoms with Gasteiger partial charge in [0.05, 0.1) is 4.92 Å². The van der Waals surface area contributed by atoms with Crippen molar-refractivity contribution >= 4 is 52.1 Å². The minimum atomic E-state index is -0.570. The molecule has 1 aromatic heterocycles. The highest BCUT2D eigenvalue weighted by molar-refractivity contribution is 6.36. The van der Waals surface area contributed by atoms with Gasteiger partial charge in [0.15, 0.2) is 0 Å². The highest BCUT2D eigenvalue weighted by Gasteiger charge is 2.28. The van der Waals surface area contributed by atoms with E-state index in [1.54, 1.807) is 12.1 Å². The minimum absolute atomic E-state index is 0.142. The molecule has 1 aliphatic rings. The summed E-state index contributed by atoms with van der Waals surface area (Å²) < 4.78 is 0. The van der Waals surface area contributed by atoms with E-state index in [9.17, 15) is 14.9 Å². The van der Waals surface area contributed by atoms with Crippen LogP contribution in [0.3, 0.4) is 0 Å². The molecule has 1 fully saturated rings. The smallest absolute Gasteiger partial charge is 0.311 e. The van der Waals surface area contributed by atoms with Crippen LogP contribution in [0.2, 0.25) is 10.0 Å². The van der Waals surface area contributed by atoms with E-state index in [1.165, 1.54) is 12.1 Å². The Morgan fingerprint density at radius 3 is 2.45 bits per heavy atom. The number of likely N-dealkylation sites (tertiary alicyclic amines) is 1. The number of carbonyl (C=O) groups is 1. The first-order chi connectivity index (χ1) is 18.2. The van der Waals surface area contributed by atoms with Crippen LogP contribution >= 0.6 is 23.2 Å². The summed E-state index contributed by atoms with van der Waals surface area (Å²) >= 11 is 12.8. The lowest BCUT2D eigenvalue weighted by Gasteiger charge is -2.29. The number of amides is 1. The third-order valence-corrected chi connectivity index (χ3v) is 7.02. The van der Waals surface area contributed by atoms with E-state index >= 15 is 0 Å². The van der Waals surface area contributed by atoms with Gasteiger partial charge in [-0.2, -0.15) is 0 Å². The molecule has 12 heteroatoms. The van der Waals surface area contributed by atoms with Gasteiger partial charge in [-0.05, 0) is 67.4 Å². The largest absolute Gasteiger partial charge is 0.383 e. The molecule has 0 spiro atoms. The molecule has 38 heavy (non-hydrogen) atoms. The van der Waals surface area contributed by atoms with Crippen LogP contribution in [-0.4, -0.2) is 46.9 Å². The number of aromatic nitrogens is 1. The maximum atomic E-state index is 12.0. The molecule has 1 unspecified atom stereocenters. The molecule has 0 bridgehead atoms. The number of primary amides is 1. The van der Waals surface area contributed by atoms with Gasteiger partial charge in [-0.25, -0.2) is 4.98 Å². The van der Waals surface area contributed by atoms with Crippen molar-refractivity contribution in [3.63, 3.8) is 0 Å². The molecule has 10 nitrogen and oxygen atoms in total. The molecule has 3 aromatic rings. The van der Waals surface area contributed by atoms with Crippen LogP contribution in [0.5, 0.6) is 0 Å². The number of nitrogens with two attached hydrogens (primary N) is 2. The number of nitrogens with one attached hydrogen (secondary N) is 2. The Bertz CT molecular complexity index is 1330. The Morgan fingerprint density at radius 2 is 1.79 bits per heavy atom. The van der Waals surface area contributed by atoms with Crippen LogP contribution in [0.1, 0.15) is 30.9 Å². The summed E-state index contributed by atoms with van der Waals surface area (Å²) in [5.74, 6) is -0.0563. The summed E-state index contributed by atoms with van der Waals surface area (Å²) in [5, 5.41) is 18.4. The molecule has 2 aromatic carbocycles. The average Bonchev–Trinajstić information content (AvgIpc) is 3.40. The first kappa shape index (κ1) is 27.4. The van der Waals surface area contributed by atoms with Gasteiger partial charge in [0.2, 0.25) is 11.7 Å². The number of nitrogen functional groups attached to an aromatic ring is 1.